The molecule has 2 aromatic rings. The zero-order valence-corrected chi connectivity index (χ0v) is 20.4. The van der Waals surface area contributed by atoms with Gasteiger partial charge in [-0.3, -0.25) is 15.0 Å². The van der Waals surface area contributed by atoms with Crippen LogP contribution in [0.5, 0.6) is 0 Å². The molecule has 1 saturated heterocycles. The van der Waals surface area contributed by atoms with E-state index in [1.807, 2.05) is 74.2 Å². The molecule has 0 unspecified atom stereocenters. The van der Waals surface area contributed by atoms with Crippen LogP contribution in [0.1, 0.15) is 56.0 Å². The van der Waals surface area contributed by atoms with E-state index in [-0.39, 0.29) is 41.5 Å². The maximum absolute atomic E-state index is 12.9. The molecule has 1 fully saturated rings. The number of amidine groups is 1. The smallest absolute Gasteiger partial charge is 0.306 e. The van der Waals surface area contributed by atoms with E-state index in [9.17, 15) is 9.59 Å². The average Bonchev–Trinajstić information content (AvgIpc) is 2.77. The van der Waals surface area contributed by atoms with E-state index >= 15 is 0 Å². The molecule has 1 aliphatic heterocycles. The number of ether oxygens (including phenoxy) is 1. The lowest BCUT2D eigenvalue weighted by atomic mass is 9.93. The first-order valence-corrected chi connectivity index (χ1v) is 11.1. The highest BCUT2D eigenvalue weighted by Gasteiger charge is 2.26. The van der Waals surface area contributed by atoms with Crippen LogP contribution in [0, 0.1) is 16.7 Å². The second-order valence-electron chi connectivity index (χ2n) is 9.73. The lowest BCUT2D eigenvalue weighted by molar-refractivity contribution is -0.147. The molecule has 0 spiro atoms. The Morgan fingerprint density at radius 1 is 0.970 bits per heavy atom. The zero-order valence-electron chi connectivity index (χ0n) is 19.6. The third kappa shape index (κ3) is 7.60. The second-order valence-corrected chi connectivity index (χ2v) is 9.73. The third-order valence-electron chi connectivity index (χ3n) is 5.68. The molecule has 0 radical (unpaired) electrons. The number of piperidine rings is 1. The highest BCUT2D eigenvalue weighted by atomic mass is 35.5. The Labute approximate surface area is 202 Å². The molecule has 0 bridgehead atoms. The first kappa shape index (κ1) is 26.4. The Bertz CT molecular complexity index is 958. The highest BCUT2D eigenvalue weighted by molar-refractivity contribution is 5.96. The Morgan fingerprint density at radius 2 is 1.45 bits per heavy atom. The average molecular weight is 472 g/mol. The molecular formula is C26H34ClN3O3. The first-order chi connectivity index (χ1) is 15.1. The van der Waals surface area contributed by atoms with Gasteiger partial charge in [-0.2, -0.15) is 0 Å². The van der Waals surface area contributed by atoms with E-state index in [1.165, 1.54) is 0 Å². The molecule has 33 heavy (non-hydrogen) atoms. The number of halogens is 1. The van der Waals surface area contributed by atoms with Gasteiger partial charge in [0.05, 0.1) is 6.61 Å². The van der Waals surface area contributed by atoms with Gasteiger partial charge in [-0.1, -0.05) is 57.2 Å². The Morgan fingerprint density at radius 3 is 1.91 bits per heavy atom. The zero-order chi connectivity index (χ0) is 23.3. The summed E-state index contributed by atoms with van der Waals surface area (Å²) in [6.07, 6.45) is 2.06. The molecular weight excluding hydrogens is 438 g/mol. The number of rotatable bonds is 6. The molecule has 1 aliphatic rings. The lowest BCUT2D eigenvalue weighted by Gasteiger charge is -2.32. The maximum Gasteiger partial charge on any atom is 0.306 e. The molecule has 3 rings (SSSR count). The van der Waals surface area contributed by atoms with Gasteiger partial charge >= 0.3 is 5.97 Å². The minimum atomic E-state index is -0.142. The molecule has 1 heterocycles. The highest BCUT2D eigenvalue weighted by Crippen LogP contribution is 2.25. The molecule has 0 atom stereocenters. The number of likely N-dealkylation sites (tertiary alicyclic amines) is 1. The lowest BCUT2D eigenvalue weighted by Crippen LogP contribution is -2.39. The molecule has 6 nitrogen and oxygen atoms in total. The molecule has 2 aromatic carbocycles. The fourth-order valence-electron chi connectivity index (χ4n) is 3.76. The van der Waals surface area contributed by atoms with E-state index in [2.05, 4.69) is 0 Å². The number of carbonyl (C=O) groups excluding carboxylic acids is 2. The van der Waals surface area contributed by atoms with Crippen LogP contribution in [-0.2, 0) is 9.53 Å². The number of esters is 1. The van der Waals surface area contributed by atoms with Crippen LogP contribution in [0.4, 0.5) is 0 Å². The number of nitrogens with zero attached hydrogens (tertiary/aromatic N) is 1. The van der Waals surface area contributed by atoms with Crippen molar-refractivity contribution in [1.82, 2.24) is 4.90 Å². The predicted octanol–water partition coefficient (Wildman–Crippen LogP) is 4.89. The molecule has 1 amide bonds. The van der Waals surface area contributed by atoms with Crippen LogP contribution in [0.15, 0.2) is 48.5 Å². The number of nitrogens with two attached hydrogens (primary N) is 1. The van der Waals surface area contributed by atoms with Crippen molar-refractivity contribution in [2.24, 2.45) is 17.1 Å². The van der Waals surface area contributed by atoms with Crippen molar-refractivity contribution in [3.63, 3.8) is 0 Å². The molecule has 3 N–H and O–H groups in total. The summed E-state index contributed by atoms with van der Waals surface area (Å²) in [6, 6.07) is 15.1. The number of nitrogens with one attached hydrogen (secondary N) is 1. The summed E-state index contributed by atoms with van der Waals surface area (Å²) in [4.78, 5) is 26.9. The summed E-state index contributed by atoms with van der Waals surface area (Å²) >= 11 is 0. The summed E-state index contributed by atoms with van der Waals surface area (Å²) in [7, 11) is 0. The first-order valence-electron chi connectivity index (χ1n) is 11.1. The maximum atomic E-state index is 12.9. The van der Waals surface area contributed by atoms with Crippen LogP contribution >= 0.6 is 12.4 Å². The van der Waals surface area contributed by atoms with Gasteiger partial charge in [-0.15, -0.1) is 12.4 Å². The minimum absolute atomic E-state index is 0. The van der Waals surface area contributed by atoms with Crippen molar-refractivity contribution in [3.05, 3.63) is 59.7 Å². The fourth-order valence-corrected chi connectivity index (χ4v) is 3.76. The Balaban J connectivity index is 0.00000385. The number of nitrogen functional groups attached to an aromatic ring is 1. The SMILES string of the molecule is CC(C)(C)COC(=O)CC1CCN(C(=O)c2ccc(-c3ccc(C(=N)N)cc3)cc2)CC1.Cl. The second kappa shape index (κ2) is 11.3. The van der Waals surface area contributed by atoms with Crippen molar-refractivity contribution in [2.75, 3.05) is 19.7 Å². The third-order valence-corrected chi connectivity index (χ3v) is 5.68. The van der Waals surface area contributed by atoms with Crippen molar-refractivity contribution in [2.45, 2.75) is 40.0 Å². The van der Waals surface area contributed by atoms with Gasteiger partial charge in [0.15, 0.2) is 0 Å². The van der Waals surface area contributed by atoms with Gasteiger partial charge in [0.25, 0.3) is 5.91 Å². The van der Waals surface area contributed by atoms with Crippen molar-refractivity contribution in [1.29, 1.82) is 5.41 Å². The van der Waals surface area contributed by atoms with E-state index in [4.69, 9.17) is 15.9 Å². The van der Waals surface area contributed by atoms with Crippen molar-refractivity contribution in [3.8, 4) is 11.1 Å². The number of benzene rings is 2. The number of carbonyl (C=O) groups is 2. The van der Waals surface area contributed by atoms with Gasteiger partial charge in [0, 0.05) is 30.6 Å². The van der Waals surface area contributed by atoms with E-state index in [0.29, 0.717) is 37.2 Å². The molecule has 0 aliphatic carbocycles. The van der Waals surface area contributed by atoms with Gasteiger partial charge < -0.3 is 15.4 Å². The van der Waals surface area contributed by atoms with E-state index in [1.54, 1.807) is 0 Å². The van der Waals surface area contributed by atoms with Crippen LogP contribution in [0.3, 0.4) is 0 Å². The minimum Gasteiger partial charge on any atom is -0.465 e. The number of hydrogen-bond acceptors (Lipinski definition) is 4. The van der Waals surface area contributed by atoms with Crippen molar-refractivity contribution >= 4 is 30.1 Å². The van der Waals surface area contributed by atoms with Gasteiger partial charge in [-0.05, 0) is 47.4 Å². The number of hydrogen-bond donors (Lipinski definition) is 2. The predicted molar refractivity (Wildman–Crippen MR) is 134 cm³/mol. The molecule has 0 saturated carbocycles. The largest absolute Gasteiger partial charge is 0.465 e. The quantitative estimate of drug-likeness (QED) is 0.356. The molecule has 178 valence electrons. The Hall–Kier alpha value is -2.86. The Kier molecular flexibility index (Phi) is 9.06. The van der Waals surface area contributed by atoms with Gasteiger partial charge in [-0.25, -0.2) is 0 Å². The summed E-state index contributed by atoms with van der Waals surface area (Å²) in [5, 5.41) is 7.48. The summed E-state index contributed by atoms with van der Waals surface area (Å²) in [5.74, 6) is 0.198. The summed E-state index contributed by atoms with van der Waals surface area (Å²) in [5.41, 5.74) is 8.84. The van der Waals surface area contributed by atoms with Crippen LogP contribution in [-0.4, -0.2) is 42.3 Å². The normalized spacial score (nSPS) is 14.3. The van der Waals surface area contributed by atoms with Crippen molar-refractivity contribution < 1.29 is 14.3 Å². The van der Waals surface area contributed by atoms with Crippen LogP contribution < -0.4 is 5.73 Å². The van der Waals surface area contributed by atoms with E-state index < -0.39 is 0 Å². The number of amides is 1. The molecule has 7 heteroatoms. The van der Waals surface area contributed by atoms with Gasteiger partial charge in [0.1, 0.15) is 5.84 Å². The van der Waals surface area contributed by atoms with Crippen LogP contribution in [0.25, 0.3) is 11.1 Å². The topological polar surface area (TPSA) is 96.5 Å². The summed E-state index contributed by atoms with van der Waals surface area (Å²) < 4.78 is 5.38. The summed E-state index contributed by atoms with van der Waals surface area (Å²) in [6.45, 7) is 7.87. The van der Waals surface area contributed by atoms with E-state index in [0.717, 1.165) is 24.0 Å². The standard InChI is InChI=1S/C26H33N3O3.ClH/c1-26(2,3)17-32-23(30)16-18-12-14-29(15-13-18)25(31)22-10-6-20(7-11-22)19-4-8-21(9-5-19)24(27)28;/h4-11,18H,12-17H2,1-3H3,(H3,27,28);1H. The molecule has 0 aromatic heterocycles. The monoisotopic (exact) mass is 471 g/mol. The van der Waals surface area contributed by atoms with Crippen LogP contribution in [0.2, 0.25) is 0 Å². The van der Waals surface area contributed by atoms with Gasteiger partial charge in [0.2, 0.25) is 0 Å². The fraction of sp³-hybridized carbons (Fsp3) is 0.423.